The third-order valence-electron chi connectivity index (χ3n) is 3.28. The van der Waals surface area contributed by atoms with Crippen molar-refractivity contribution >= 4 is 45.2 Å². The van der Waals surface area contributed by atoms with Crippen molar-refractivity contribution in [2.45, 2.75) is 19.3 Å². The summed E-state index contributed by atoms with van der Waals surface area (Å²) in [5.41, 5.74) is 0.761. The van der Waals surface area contributed by atoms with E-state index in [-0.39, 0.29) is 11.8 Å². The Morgan fingerprint density at radius 2 is 1.95 bits per heavy atom. The molecule has 0 atom stereocenters. The van der Waals surface area contributed by atoms with Gasteiger partial charge >= 0.3 is 0 Å². The second-order valence-corrected chi connectivity index (χ2v) is 6.89. The Morgan fingerprint density at radius 1 is 1.19 bits per heavy atom. The normalized spacial score (nSPS) is 14.8. The number of amides is 2. The first kappa shape index (κ1) is 16.4. The SMILES string of the molecule is O=C(CSCC(=O)N1CCCCC1)Nc1cccc(Br)c1. The molecule has 1 aliphatic rings. The van der Waals surface area contributed by atoms with E-state index in [1.165, 1.54) is 18.2 Å². The molecule has 1 fully saturated rings. The van der Waals surface area contributed by atoms with Crippen molar-refractivity contribution in [1.82, 2.24) is 4.90 Å². The van der Waals surface area contributed by atoms with Gasteiger partial charge in [0, 0.05) is 23.2 Å². The van der Waals surface area contributed by atoms with Crippen LogP contribution in [0.2, 0.25) is 0 Å². The average Bonchev–Trinajstić information content (AvgIpc) is 2.48. The molecular formula is C15H19BrN2O2S. The summed E-state index contributed by atoms with van der Waals surface area (Å²) in [6.45, 7) is 1.73. The number of nitrogens with one attached hydrogen (secondary N) is 1. The molecule has 2 rings (SSSR count). The summed E-state index contributed by atoms with van der Waals surface area (Å²) in [6.07, 6.45) is 3.41. The molecule has 0 bridgehead atoms. The molecule has 1 heterocycles. The fourth-order valence-corrected chi connectivity index (χ4v) is 3.35. The second kappa shape index (κ2) is 8.44. The third kappa shape index (κ3) is 5.71. The zero-order chi connectivity index (χ0) is 15.1. The average molecular weight is 371 g/mol. The summed E-state index contributed by atoms with van der Waals surface area (Å²) < 4.78 is 0.924. The monoisotopic (exact) mass is 370 g/mol. The van der Waals surface area contributed by atoms with Crippen LogP contribution in [-0.2, 0) is 9.59 Å². The fourth-order valence-electron chi connectivity index (χ4n) is 2.23. The lowest BCUT2D eigenvalue weighted by atomic mass is 10.1. The van der Waals surface area contributed by atoms with Crippen LogP contribution in [0.25, 0.3) is 0 Å². The van der Waals surface area contributed by atoms with Crippen LogP contribution in [0.5, 0.6) is 0 Å². The van der Waals surface area contributed by atoms with Crippen LogP contribution < -0.4 is 5.32 Å². The van der Waals surface area contributed by atoms with E-state index in [2.05, 4.69) is 21.2 Å². The van der Waals surface area contributed by atoms with E-state index >= 15 is 0 Å². The van der Waals surface area contributed by atoms with Crippen LogP contribution in [0.3, 0.4) is 0 Å². The van der Waals surface area contributed by atoms with Crippen LogP contribution in [0.4, 0.5) is 5.69 Å². The first-order chi connectivity index (χ1) is 10.1. The van der Waals surface area contributed by atoms with Crippen molar-refractivity contribution < 1.29 is 9.59 Å². The van der Waals surface area contributed by atoms with Gasteiger partial charge in [0.15, 0.2) is 0 Å². The van der Waals surface area contributed by atoms with E-state index in [0.29, 0.717) is 11.5 Å². The highest BCUT2D eigenvalue weighted by atomic mass is 79.9. The smallest absolute Gasteiger partial charge is 0.234 e. The van der Waals surface area contributed by atoms with Gasteiger partial charge < -0.3 is 10.2 Å². The number of rotatable bonds is 5. The Hall–Kier alpha value is -1.01. The lowest BCUT2D eigenvalue weighted by Gasteiger charge is -2.26. The van der Waals surface area contributed by atoms with E-state index in [4.69, 9.17) is 0 Å². The van der Waals surface area contributed by atoms with Crippen LogP contribution in [0.15, 0.2) is 28.7 Å². The van der Waals surface area contributed by atoms with E-state index in [9.17, 15) is 9.59 Å². The largest absolute Gasteiger partial charge is 0.342 e. The Morgan fingerprint density at radius 3 is 2.67 bits per heavy atom. The number of carbonyl (C=O) groups excluding carboxylic acids is 2. The molecule has 114 valence electrons. The minimum atomic E-state index is -0.0791. The van der Waals surface area contributed by atoms with Crippen molar-refractivity contribution in [2.24, 2.45) is 0 Å². The lowest BCUT2D eigenvalue weighted by Crippen LogP contribution is -2.37. The van der Waals surface area contributed by atoms with Crippen LogP contribution in [0, 0.1) is 0 Å². The van der Waals surface area contributed by atoms with Gasteiger partial charge in [0.2, 0.25) is 11.8 Å². The topological polar surface area (TPSA) is 49.4 Å². The second-order valence-electron chi connectivity index (χ2n) is 4.99. The number of thioether (sulfide) groups is 1. The minimum absolute atomic E-state index is 0.0791. The number of anilines is 1. The van der Waals surface area contributed by atoms with Gasteiger partial charge in [-0.25, -0.2) is 0 Å². The molecule has 1 aromatic rings. The predicted octanol–water partition coefficient (Wildman–Crippen LogP) is 3.13. The van der Waals surface area contributed by atoms with Gasteiger partial charge in [-0.05, 0) is 37.5 Å². The number of hydrogen-bond donors (Lipinski definition) is 1. The van der Waals surface area contributed by atoms with Gasteiger partial charge in [-0.2, -0.15) is 0 Å². The number of benzene rings is 1. The molecule has 1 saturated heterocycles. The fraction of sp³-hybridized carbons (Fsp3) is 0.467. The van der Waals surface area contributed by atoms with Crippen molar-refractivity contribution in [1.29, 1.82) is 0 Å². The van der Waals surface area contributed by atoms with Gasteiger partial charge in [-0.1, -0.05) is 22.0 Å². The van der Waals surface area contributed by atoms with Gasteiger partial charge in [0.1, 0.15) is 0 Å². The minimum Gasteiger partial charge on any atom is -0.342 e. The van der Waals surface area contributed by atoms with Crippen LogP contribution in [0.1, 0.15) is 19.3 Å². The quantitative estimate of drug-likeness (QED) is 0.865. The molecule has 0 spiro atoms. The summed E-state index contributed by atoms with van der Waals surface area (Å²) in [4.78, 5) is 25.7. The number of carbonyl (C=O) groups is 2. The Balaban J connectivity index is 1.68. The number of halogens is 1. The molecule has 0 aliphatic carbocycles. The third-order valence-corrected chi connectivity index (χ3v) is 4.69. The van der Waals surface area contributed by atoms with Crippen molar-refractivity contribution in [3.63, 3.8) is 0 Å². The van der Waals surface area contributed by atoms with E-state index in [1.807, 2.05) is 29.2 Å². The highest BCUT2D eigenvalue weighted by Gasteiger charge is 2.16. The molecule has 4 nitrogen and oxygen atoms in total. The highest BCUT2D eigenvalue weighted by Crippen LogP contribution is 2.16. The van der Waals surface area contributed by atoms with Crippen molar-refractivity contribution in [2.75, 3.05) is 29.9 Å². The molecule has 1 N–H and O–H groups in total. The lowest BCUT2D eigenvalue weighted by molar-refractivity contribution is -0.129. The molecule has 0 radical (unpaired) electrons. The molecule has 1 aliphatic heterocycles. The Bertz CT molecular complexity index is 504. The van der Waals surface area contributed by atoms with Gasteiger partial charge in [-0.15, -0.1) is 11.8 Å². The molecule has 6 heteroatoms. The van der Waals surface area contributed by atoms with Gasteiger partial charge in [0.05, 0.1) is 11.5 Å². The molecular weight excluding hydrogens is 352 g/mol. The van der Waals surface area contributed by atoms with E-state index in [0.717, 1.165) is 36.1 Å². The van der Waals surface area contributed by atoms with Gasteiger partial charge in [-0.3, -0.25) is 9.59 Å². The standard InChI is InChI=1S/C15H19BrN2O2S/c16-12-5-4-6-13(9-12)17-14(19)10-21-11-15(20)18-7-2-1-3-8-18/h4-6,9H,1-3,7-8,10-11H2,(H,17,19). The molecule has 0 aromatic heterocycles. The first-order valence-corrected chi connectivity index (χ1v) is 9.01. The zero-order valence-electron chi connectivity index (χ0n) is 11.8. The summed E-state index contributed by atoms with van der Waals surface area (Å²) >= 11 is 4.73. The molecule has 2 amide bonds. The maximum absolute atomic E-state index is 11.9. The molecule has 0 unspecified atom stereocenters. The van der Waals surface area contributed by atoms with Crippen molar-refractivity contribution in [3.05, 3.63) is 28.7 Å². The van der Waals surface area contributed by atoms with Crippen molar-refractivity contribution in [3.8, 4) is 0 Å². The van der Waals surface area contributed by atoms with E-state index in [1.54, 1.807) is 0 Å². The molecule has 0 saturated carbocycles. The van der Waals surface area contributed by atoms with Gasteiger partial charge in [0.25, 0.3) is 0 Å². The zero-order valence-corrected chi connectivity index (χ0v) is 14.2. The molecule has 21 heavy (non-hydrogen) atoms. The summed E-state index contributed by atoms with van der Waals surface area (Å²) in [6, 6.07) is 7.46. The number of nitrogens with zero attached hydrogens (tertiary/aromatic N) is 1. The first-order valence-electron chi connectivity index (χ1n) is 7.06. The Kier molecular flexibility index (Phi) is 6.57. The maximum Gasteiger partial charge on any atom is 0.234 e. The Labute approximate surface area is 137 Å². The summed E-state index contributed by atoms with van der Waals surface area (Å²) in [5.74, 6) is 0.748. The number of hydrogen-bond acceptors (Lipinski definition) is 3. The highest BCUT2D eigenvalue weighted by molar-refractivity contribution is 9.10. The summed E-state index contributed by atoms with van der Waals surface area (Å²) in [7, 11) is 0. The van der Waals surface area contributed by atoms with Crippen LogP contribution >= 0.6 is 27.7 Å². The predicted molar refractivity (Wildman–Crippen MR) is 90.5 cm³/mol. The maximum atomic E-state index is 11.9. The molecule has 1 aromatic carbocycles. The number of likely N-dealkylation sites (tertiary alicyclic amines) is 1. The number of piperidine rings is 1. The van der Waals surface area contributed by atoms with E-state index < -0.39 is 0 Å². The summed E-state index contributed by atoms with van der Waals surface area (Å²) in [5, 5.41) is 2.82. The van der Waals surface area contributed by atoms with Crippen LogP contribution in [-0.4, -0.2) is 41.3 Å².